The Morgan fingerprint density at radius 2 is 1.89 bits per heavy atom. The molecule has 2 aromatic heterocycles. The topological polar surface area (TPSA) is 90.2 Å². The van der Waals surface area contributed by atoms with Crippen LogP contribution >= 0.6 is 11.3 Å². The molecule has 2 aromatic carbocycles. The number of aromatic nitrogens is 2. The van der Waals surface area contributed by atoms with Crippen LogP contribution in [0.3, 0.4) is 0 Å². The maximum Gasteiger partial charge on any atom is 0.408 e. The Hall–Kier alpha value is -3.57. The van der Waals surface area contributed by atoms with Crippen molar-refractivity contribution in [2.45, 2.75) is 71.5 Å². The van der Waals surface area contributed by atoms with Gasteiger partial charge in [0.2, 0.25) is 0 Å². The number of imidazole rings is 1. The molecule has 8 nitrogen and oxygen atoms in total. The van der Waals surface area contributed by atoms with Crippen LogP contribution in [0.25, 0.3) is 26.4 Å². The largest absolute Gasteiger partial charge is 0.465 e. The first-order valence-corrected chi connectivity index (χ1v) is 16.6. The summed E-state index contributed by atoms with van der Waals surface area (Å²) in [6.07, 6.45) is 1.67. The molecule has 2 aliphatic rings. The van der Waals surface area contributed by atoms with Gasteiger partial charge in [0, 0.05) is 43.0 Å². The number of amides is 2. The van der Waals surface area contributed by atoms with Crippen LogP contribution in [0.4, 0.5) is 13.6 Å². The van der Waals surface area contributed by atoms with E-state index in [1.807, 2.05) is 50.3 Å². The third kappa shape index (κ3) is 5.58. The maximum atomic E-state index is 15.9. The Morgan fingerprint density at radius 3 is 2.58 bits per heavy atom. The van der Waals surface area contributed by atoms with E-state index in [9.17, 15) is 19.1 Å². The minimum atomic E-state index is -0.990. The molecule has 4 heterocycles. The Balaban J connectivity index is 1.21. The predicted molar refractivity (Wildman–Crippen MR) is 173 cm³/mol. The number of piperidine rings is 1. The molecular formula is C34H41F2N5O3S. The van der Waals surface area contributed by atoms with E-state index in [1.165, 1.54) is 22.3 Å². The fourth-order valence-corrected chi connectivity index (χ4v) is 8.50. The Labute approximate surface area is 266 Å². The molecule has 0 spiro atoms. The zero-order chi connectivity index (χ0) is 32.1. The summed E-state index contributed by atoms with van der Waals surface area (Å²) in [4.78, 5) is 34.3. The van der Waals surface area contributed by atoms with E-state index in [1.54, 1.807) is 12.1 Å². The first-order valence-electron chi connectivity index (χ1n) is 15.8. The van der Waals surface area contributed by atoms with Crippen molar-refractivity contribution in [2.24, 2.45) is 5.41 Å². The number of nitrogens with one attached hydrogen (secondary N) is 1. The van der Waals surface area contributed by atoms with Crippen molar-refractivity contribution in [1.29, 1.82) is 0 Å². The summed E-state index contributed by atoms with van der Waals surface area (Å²) < 4.78 is 32.2. The van der Waals surface area contributed by atoms with E-state index in [-0.39, 0.29) is 5.91 Å². The van der Waals surface area contributed by atoms with Crippen molar-refractivity contribution in [3.05, 3.63) is 59.0 Å². The van der Waals surface area contributed by atoms with Gasteiger partial charge in [-0.2, -0.15) is 0 Å². The summed E-state index contributed by atoms with van der Waals surface area (Å²) in [5, 5.41) is 13.0. The predicted octanol–water partition coefficient (Wildman–Crippen LogP) is 7.23. The number of carbonyl (C=O) groups excluding carboxylic acids is 1. The number of carboxylic acid groups (broad SMARTS) is 1. The van der Waals surface area contributed by atoms with Gasteiger partial charge in [-0.25, -0.2) is 18.6 Å². The average molecular weight is 638 g/mol. The summed E-state index contributed by atoms with van der Waals surface area (Å²) in [6.45, 7) is 11.3. The van der Waals surface area contributed by atoms with Crippen LogP contribution in [-0.4, -0.2) is 75.2 Å². The number of halogens is 2. The molecule has 0 bridgehead atoms. The first-order chi connectivity index (χ1) is 21.4. The summed E-state index contributed by atoms with van der Waals surface area (Å²) in [5.41, 5.74) is 2.56. The molecule has 1 atom stereocenters. The SMILES string of the molecule is Cc1c(-c2ccc([C@]3(C(C)(C)C)CCCN3C(=O)O)cc2F)nc2sc3cc(C(=O)NCCCN4CCC(F)CC4)ccc3n12. The molecule has 4 aromatic rings. The first kappa shape index (κ1) is 31.4. The lowest BCUT2D eigenvalue weighted by molar-refractivity contribution is 0.0275. The van der Waals surface area contributed by atoms with Gasteiger partial charge < -0.3 is 15.3 Å². The Morgan fingerprint density at radius 1 is 1.13 bits per heavy atom. The fourth-order valence-electron chi connectivity index (χ4n) is 7.39. The molecule has 0 radical (unpaired) electrons. The van der Waals surface area contributed by atoms with E-state index in [4.69, 9.17) is 4.98 Å². The van der Waals surface area contributed by atoms with Gasteiger partial charge in [0.05, 0.1) is 21.4 Å². The van der Waals surface area contributed by atoms with Crippen LogP contribution in [0.1, 0.15) is 74.5 Å². The van der Waals surface area contributed by atoms with Crippen LogP contribution in [0.2, 0.25) is 0 Å². The van der Waals surface area contributed by atoms with Gasteiger partial charge in [-0.05, 0) is 86.9 Å². The van der Waals surface area contributed by atoms with E-state index in [2.05, 4.69) is 10.2 Å². The number of aryl methyl sites for hydroxylation is 1. The number of nitrogens with zero attached hydrogens (tertiary/aromatic N) is 4. The summed E-state index contributed by atoms with van der Waals surface area (Å²) >= 11 is 1.45. The van der Waals surface area contributed by atoms with Crippen LogP contribution < -0.4 is 5.32 Å². The minimum absolute atomic E-state index is 0.137. The molecule has 2 fully saturated rings. The molecule has 240 valence electrons. The second kappa shape index (κ2) is 12.0. The molecule has 2 aliphatic heterocycles. The van der Waals surface area contributed by atoms with Gasteiger partial charge in [0.1, 0.15) is 12.0 Å². The zero-order valence-electron chi connectivity index (χ0n) is 26.3. The molecule has 0 unspecified atom stereocenters. The molecule has 11 heteroatoms. The second-order valence-corrected chi connectivity index (χ2v) is 14.4. The summed E-state index contributed by atoms with van der Waals surface area (Å²) in [5.74, 6) is -0.570. The third-order valence-corrected chi connectivity index (χ3v) is 10.8. The van der Waals surface area contributed by atoms with Gasteiger partial charge in [-0.3, -0.25) is 14.1 Å². The standard InChI is InChI=1S/C34H41F2N5O3S/c1-21-29(25-9-8-23(20-26(25)36)34(33(2,3)4)13-5-16-40(34)32(43)44)38-31-41(21)27-10-7-22(19-28(27)45-31)30(42)37-14-6-15-39-17-11-24(35)12-18-39/h7-10,19-20,24H,5-6,11-18H2,1-4H3,(H,37,42)(H,43,44)/t34-/m0/s1. The quantitative estimate of drug-likeness (QED) is 0.209. The van der Waals surface area contributed by atoms with Crippen molar-refractivity contribution in [2.75, 3.05) is 32.7 Å². The third-order valence-electron chi connectivity index (χ3n) is 9.75. The van der Waals surface area contributed by atoms with Gasteiger partial charge in [0.25, 0.3) is 5.91 Å². The van der Waals surface area contributed by atoms with Crippen LogP contribution in [0.15, 0.2) is 36.4 Å². The monoisotopic (exact) mass is 637 g/mol. The number of thiazole rings is 1. The lowest BCUT2D eigenvalue weighted by Gasteiger charge is -2.47. The molecule has 6 rings (SSSR count). The zero-order valence-corrected chi connectivity index (χ0v) is 27.1. The molecule has 2 saturated heterocycles. The Bertz CT molecular complexity index is 1750. The lowest BCUT2D eigenvalue weighted by Crippen LogP contribution is -2.52. The minimum Gasteiger partial charge on any atom is -0.465 e. The smallest absolute Gasteiger partial charge is 0.408 e. The average Bonchev–Trinajstić information content (AvgIpc) is 3.69. The van der Waals surface area contributed by atoms with Gasteiger partial charge in [-0.1, -0.05) is 38.2 Å². The lowest BCUT2D eigenvalue weighted by atomic mass is 9.67. The number of fused-ring (bicyclic) bond motifs is 3. The number of alkyl halides is 1. The summed E-state index contributed by atoms with van der Waals surface area (Å²) in [6, 6.07) is 10.6. The highest BCUT2D eigenvalue weighted by atomic mass is 32.1. The van der Waals surface area contributed by atoms with Crippen molar-refractivity contribution < 1.29 is 23.5 Å². The molecular weight excluding hydrogens is 596 g/mol. The number of hydrogen-bond donors (Lipinski definition) is 2. The highest BCUT2D eigenvalue weighted by Crippen LogP contribution is 2.51. The number of rotatable bonds is 7. The van der Waals surface area contributed by atoms with Gasteiger partial charge in [-0.15, -0.1) is 0 Å². The Kier molecular flexibility index (Phi) is 8.36. The second-order valence-electron chi connectivity index (χ2n) is 13.4. The van der Waals surface area contributed by atoms with E-state index >= 15 is 4.39 Å². The highest BCUT2D eigenvalue weighted by Gasteiger charge is 2.53. The van der Waals surface area contributed by atoms with E-state index in [0.29, 0.717) is 59.7 Å². The maximum absolute atomic E-state index is 15.9. The van der Waals surface area contributed by atoms with Gasteiger partial charge in [0.15, 0.2) is 4.96 Å². The number of benzene rings is 2. The van der Waals surface area contributed by atoms with Crippen molar-refractivity contribution >= 4 is 38.5 Å². The highest BCUT2D eigenvalue weighted by molar-refractivity contribution is 7.23. The van der Waals surface area contributed by atoms with Crippen LogP contribution in [-0.2, 0) is 5.54 Å². The van der Waals surface area contributed by atoms with Gasteiger partial charge >= 0.3 is 6.09 Å². The van der Waals surface area contributed by atoms with E-state index < -0.39 is 29.0 Å². The fraction of sp³-hybridized carbons (Fsp3) is 0.500. The molecule has 0 saturated carbocycles. The molecule has 2 amide bonds. The number of carbonyl (C=O) groups is 2. The number of likely N-dealkylation sites (tertiary alicyclic amines) is 2. The molecule has 45 heavy (non-hydrogen) atoms. The molecule has 2 N–H and O–H groups in total. The van der Waals surface area contributed by atoms with Crippen LogP contribution in [0.5, 0.6) is 0 Å². The van der Waals surface area contributed by atoms with Crippen molar-refractivity contribution in [3.8, 4) is 11.3 Å². The van der Waals surface area contributed by atoms with Crippen molar-refractivity contribution in [3.63, 3.8) is 0 Å². The molecule has 0 aliphatic carbocycles. The van der Waals surface area contributed by atoms with E-state index in [0.717, 1.165) is 48.4 Å². The normalized spacial score (nSPS) is 20.0. The van der Waals surface area contributed by atoms with Crippen LogP contribution in [0, 0.1) is 18.2 Å². The number of hydrogen-bond acceptors (Lipinski definition) is 5. The summed E-state index contributed by atoms with van der Waals surface area (Å²) in [7, 11) is 0. The van der Waals surface area contributed by atoms with Crippen molar-refractivity contribution in [1.82, 2.24) is 24.5 Å².